The van der Waals surface area contributed by atoms with Gasteiger partial charge < -0.3 is 4.90 Å². The van der Waals surface area contributed by atoms with Crippen molar-refractivity contribution in [2.45, 2.75) is 25.2 Å². The normalized spacial score (nSPS) is 20.5. The van der Waals surface area contributed by atoms with Crippen molar-refractivity contribution < 1.29 is 4.79 Å². The van der Waals surface area contributed by atoms with E-state index >= 15 is 0 Å². The van der Waals surface area contributed by atoms with E-state index in [-0.39, 0.29) is 11.8 Å². The number of carbonyl (C=O) groups is 1. The Morgan fingerprint density at radius 1 is 1.22 bits per heavy atom. The minimum Gasteiger partial charge on any atom is -0.337 e. The summed E-state index contributed by atoms with van der Waals surface area (Å²) in [5.74, 6) is 3.58. The number of rotatable bonds is 3. The Hall–Kier alpha value is -2.54. The van der Waals surface area contributed by atoms with Crippen molar-refractivity contribution in [3.63, 3.8) is 0 Å². The van der Waals surface area contributed by atoms with Gasteiger partial charge in [0, 0.05) is 31.1 Å². The standard InChI is InChI=1S/C19H19N3O/c1-2-14-9-11-21(13-14)19(23)16-5-3-4-6-18(16)22-12-10-17(20-22)15-7-8-15/h1,3-6,10,12,14-15H,7-9,11,13H2. The number of likely N-dealkylation sites (tertiary alicyclic amines) is 1. The number of aromatic nitrogens is 2. The van der Waals surface area contributed by atoms with E-state index in [1.807, 2.05) is 40.0 Å². The summed E-state index contributed by atoms with van der Waals surface area (Å²) in [5, 5.41) is 4.66. The largest absolute Gasteiger partial charge is 0.337 e. The maximum absolute atomic E-state index is 12.9. The van der Waals surface area contributed by atoms with Crippen molar-refractivity contribution in [3.8, 4) is 18.0 Å². The van der Waals surface area contributed by atoms with Crippen LogP contribution in [-0.2, 0) is 0 Å². The van der Waals surface area contributed by atoms with Gasteiger partial charge >= 0.3 is 0 Å². The second-order valence-corrected chi connectivity index (χ2v) is 6.38. The molecule has 1 aliphatic carbocycles. The second-order valence-electron chi connectivity index (χ2n) is 6.38. The van der Waals surface area contributed by atoms with Crippen LogP contribution in [0.3, 0.4) is 0 Å². The van der Waals surface area contributed by atoms with E-state index < -0.39 is 0 Å². The zero-order valence-corrected chi connectivity index (χ0v) is 13.0. The summed E-state index contributed by atoms with van der Waals surface area (Å²) < 4.78 is 1.83. The molecule has 0 spiro atoms. The molecule has 0 bridgehead atoms. The van der Waals surface area contributed by atoms with Crippen LogP contribution in [0.2, 0.25) is 0 Å². The Bertz CT molecular complexity index is 782. The molecule has 4 heteroatoms. The molecule has 1 atom stereocenters. The van der Waals surface area contributed by atoms with Crippen molar-refractivity contribution in [1.82, 2.24) is 14.7 Å². The molecule has 1 aromatic heterocycles. The lowest BCUT2D eigenvalue weighted by atomic mass is 10.1. The van der Waals surface area contributed by atoms with Gasteiger partial charge in [0.1, 0.15) is 0 Å². The third-order valence-corrected chi connectivity index (χ3v) is 4.70. The fourth-order valence-corrected chi connectivity index (χ4v) is 3.17. The average Bonchev–Trinajstić information content (AvgIpc) is 3.14. The number of amides is 1. The Balaban J connectivity index is 1.64. The summed E-state index contributed by atoms with van der Waals surface area (Å²) in [6, 6.07) is 9.73. The predicted octanol–water partition coefficient (Wildman–Crippen LogP) is 2.85. The molecule has 4 nitrogen and oxygen atoms in total. The number of para-hydroxylation sites is 1. The topological polar surface area (TPSA) is 38.1 Å². The Kier molecular flexibility index (Phi) is 3.42. The van der Waals surface area contributed by atoms with Crippen molar-refractivity contribution in [3.05, 3.63) is 47.8 Å². The van der Waals surface area contributed by atoms with Gasteiger partial charge in [-0.1, -0.05) is 12.1 Å². The molecule has 1 saturated carbocycles. The first-order valence-corrected chi connectivity index (χ1v) is 8.16. The summed E-state index contributed by atoms with van der Waals surface area (Å²) in [7, 11) is 0. The zero-order chi connectivity index (χ0) is 15.8. The van der Waals surface area contributed by atoms with E-state index in [4.69, 9.17) is 6.42 Å². The van der Waals surface area contributed by atoms with Crippen molar-refractivity contribution in [2.24, 2.45) is 5.92 Å². The molecular weight excluding hydrogens is 286 g/mol. The van der Waals surface area contributed by atoms with E-state index in [9.17, 15) is 4.79 Å². The Morgan fingerprint density at radius 3 is 2.78 bits per heavy atom. The van der Waals surface area contributed by atoms with Crippen LogP contribution in [0.25, 0.3) is 5.69 Å². The number of carbonyl (C=O) groups excluding carboxylic acids is 1. The molecule has 1 amide bonds. The lowest BCUT2D eigenvalue weighted by molar-refractivity contribution is 0.0790. The molecule has 2 heterocycles. The van der Waals surface area contributed by atoms with Crippen molar-refractivity contribution in [2.75, 3.05) is 13.1 Å². The molecule has 2 fully saturated rings. The van der Waals surface area contributed by atoms with Gasteiger partial charge in [-0.2, -0.15) is 5.10 Å². The van der Waals surface area contributed by atoms with Gasteiger partial charge in [0.05, 0.1) is 16.9 Å². The number of hydrogen-bond acceptors (Lipinski definition) is 2. The molecule has 2 aromatic rings. The first-order valence-electron chi connectivity index (χ1n) is 8.16. The number of terminal acetylenes is 1. The zero-order valence-electron chi connectivity index (χ0n) is 13.0. The SMILES string of the molecule is C#CC1CCN(C(=O)c2ccccc2-n2ccc(C3CC3)n2)C1. The highest BCUT2D eigenvalue weighted by atomic mass is 16.2. The van der Waals surface area contributed by atoms with E-state index in [0.717, 1.165) is 24.3 Å². The van der Waals surface area contributed by atoms with Crippen LogP contribution in [0.4, 0.5) is 0 Å². The van der Waals surface area contributed by atoms with Gasteiger partial charge in [0.25, 0.3) is 5.91 Å². The highest BCUT2D eigenvalue weighted by Gasteiger charge is 2.28. The maximum atomic E-state index is 12.9. The van der Waals surface area contributed by atoms with Crippen LogP contribution >= 0.6 is 0 Å². The minimum atomic E-state index is 0.0434. The van der Waals surface area contributed by atoms with Crippen LogP contribution < -0.4 is 0 Å². The number of benzene rings is 1. The minimum absolute atomic E-state index is 0.0434. The Morgan fingerprint density at radius 2 is 2.04 bits per heavy atom. The summed E-state index contributed by atoms with van der Waals surface area (Å²) in [6.07, 6.45) is 10.8. The smallest absolute Gasteiger partial charge is 0.256 e. The quantitative estimate of drug-likeness (QED) is 0.818. The predicted molar refractivity (Wildman–Crippen MR) is 88.4 cm³/mol. The van der Waals surface area contributed by atoms with Gasteiger partial charge in [-0.15, -0.1) is 12.3 Å². The first-order chi connectivity index (χ1) is 11.3. The molecule has 1 aromatic carbocycles. The summed E-state index contributed by atoms with van der Waals surface area (Å²) >= 11 is 0. The lowest BCUT2D eigenvalue weighted by Crippen LogP contribution is -2.29. The van der Waals surface area contributed by atoms with Crippen LogP contribution in [0.15, 0.2) is 36.5 Å². The third-order valence-electron chi connectivity index (χ3n) is 4.70. The van der Waals surface area contributed by atoms with E-state index in [2.05, 4.69) is 17.1 Å². The fourth-order valence-electron chi connectivity index (χ4n) is 3.17. The maximum Gasteiger partial charge on any atom is 0.256 e. The highest BCUT2D eigenvalue weighted by Crippen LogP contribution is 2.39. The summed E-state index contributed by atoms with van der Waals surface area (Å²) in [4.78, 5) is 14.7. The summed E-state index contributed by atoms with van der Waals surface area (Å²) in [6.45, 7) is 1.38. The average molecular weight is 305 g/mol. The molecule has 0 radical (unpaired) electrons. The Labute approximate surface area is 136 Å². The van der Waals surface area contributed by atoms with Crippen LogP contribution in [0, 0.1) is 18.3 Å². The molecule has 0 N–H and O–H groups in total. The molecule has 1 aliphatic heterocycles. The van der Waals surface area contributed by atoms with E-state index in [1.165, 1.54) is 12.8 Å². The molecule has 116 valence electrons. The lowest BCUT2D eigenvalue weighted by Gasteiger charge is -2.18. The molecular formula is C19H19N3O. The van der Waals surface area contributed by atoms with Gasteiger partial charge in [0.2, 0.25) is 0 Å². The first kappa shape index (κ1) is 14.1. The van der Waals surface area contributed by atoms with Gasteiger partial charge in [-0.25, -0.2) is 4.68 Å². The fraction of sp³-hybridized carbons (Fsp3) is 0.368. The van der Waals surface area contributed by atoms with Crippen molar-refractivity contribution >= 4 is 5.91 Å². The van der Waals surface area contributed by atoms with Gasteiger partial charge in [-0.3, -0.25) is 4.79 Å². The van der Waals surface area contributed by atoms with Gasteiger partial charge in [-0.05, 0) is 37.5 Å². The van der Waals surface area contributed by atoms with Crippen LogP contribution in [0.1, 0.15) is 41.2 Å². The highest BCUT2D eigenvalue weighted by molar-refractivity contribution is 5.98. The summed E-state index contributed by atoms with van der Waals surface area (Å²) in [5.41, 5.74) is 2.66. The monoisotopic (exact) mass is 305 g/mol. The third kappa shape index (κ3) is 2.63. The molecule has 2 aliphatic rings. The second kappa shape index (κ2) is 5.58. The van der Waals surface area contributed by atoms with Crippen molar-refractivity contribution in [1.29, 1.82) is 0 Å². The molecule has 4 rings (SSSR count). The van der Waals surface area contributed by atoms with Crippen LogP contribution in [0.5, 0.6) is 0 Å². The molecule has 1 saturated heterocycles. The number of nitrogens with zero attached hydrogens (tertiary/aromatic N) is 3. The van der Waals surface area contributed by atoms with Crippen LogP contribution in [-0.4, -0.2) is 33.7 Å². The number of hydrogen-bond donors (Lipinski definition) is 0. The van der Waals surface area contributed by atoms with E-state index in [1.54, 1.807) is 0 Å². The van der Waals surface area contributed by atoms with E-state index in [0.29, 0.717) is 18.0 Å². The molecule has 1 unspecified atom stereocenters. The van der Waals surface area contributed by atoms with Gasteiger partial charge in [0.15, 0.2) is 0 Å². The molecule has 23 heavy (non-hydrogen) atoms.